The maximum absolute atomic E-state index is 13.4. The minimum absolute atomic E-state index is 0.152. The fraction of sp³-hybridized carbons (Fsp3) is 0.480. The van der Waals surface area contributed by atoms with Crippen LogP contribution < -0.4 is 5.32 Å². The van der Waals surface area contributed by atoms with E-state index in [1.165, 1.54) is 11.3 Å². The molecule has 6 nitrogen and oxygen atoms in total. The molecule has 0 aliphatic heterocycles. The summed E-state index contributed by atoms with van der Waals surface area (Å²) >= 11 is 0. The van der Waals surface area contributed by atoms with Gasteiger partial charge in [0.1, 0.15) is 0 Å². The number of allylic oxidation sites excluding steroid dienone is 1. The first-order valence-corrected chi connectivity index (χ1v) is 11.4. The number of hydrogen-bond acceptors (Lipinski definition) is 4. The first-order chi connectivity index (χ1) is 15.2. The van der Waals surface area contributed by atoms with Gasteiger partial charge in [-0.15, -0.1) is 0 Å². The van der Waals surface area contributed by atoms with Crippen LogP contribution in [0.15, 0.2) is 42.5 Å². The molecule has 4 atom stereocenters. The zero-order valence-corrected chi connectivity index (χ0v) is 17.9. The molecule has 2 bridgehead atoms. The van der Waals surface area contributed by atoms with E-state index in [0.717, 1.165) is 37.7 Å². The third kappa shape index (κ3) is 3.68. The van der Waals surface area contributed by atoms with Crippen LogP contribution in [0.5, 0.6) is 0 Å². The van der Waals surface area contributed by atoms with Gasteiger partial charge in [0.15, 0.2) is 5.69 Å². The number of rotatable bonds is 6. The van der Waals surface area contributed by atoms with E-state index in [4.69, 9.17) is 9.84 Å². The summed E-state index contributed by atoms with van der Waals surface area (Å²) in [5.74, 6) is -0.336. The second-order valence-corrected chi connectivity index (χ2v) is 8.85. The van der Waals surface area contributed by atoms with E-state index in [1.54, 1.807) is 0 Å². The molecule has 0 spiro atoms. The van der Waals surface area contributed by atoms with E-state index >= 15 is 0 Å². The first kappa shape index (κ1) is 20.0. The topological polar surface area (TPSA) is 73.2 Å². The van der Waals surface area contributed by atoms with Gasteiger partial charge in [0.2, 0.25) is 0 Å². The molecular formula is C25H29N3O3. The van der Waals surface area contributed by atoms with Gasteiger partial charge in [-0.1, -0.05) is 42.5 Å². The SMILES string of the molecule is CCOC(=O)[C@@H]1C2C=CC(C2)[C@@H]1NC(=O)c1nn(Cc2ccccc2)c2c1CCCC2. The van der Waals surface area contributed by atoms with Crippen molar-refractivity contribution in [3.8, 4) is 0 Å². The second kappa shape index (κ2) is 8.33. The smallest absolute Gasteiger partial charge is 0.311 e. The molecule has 1 heterocycles. The van der Waals surface area contributed by atoms with E-state index in [1.807, 2.05) is 29.8 Å². The number of nitrogens with zero attached hydrogens (tertiary/aromatic N) is 2. The second-order valence-electron chi connectivity index (χ2n) is 8.85. The summed E-state index contributed by atoms with van der Waals surface area (Å²) in [5, 5.41) is 7.94. The molecule has 1 saturated carbocycles. The highest BCUT2D eigenvalue weighted by molar-refractivity contribution is 5.95. The van der Waals surface area contributed by atoms with Crippen molar-refractivity contribution < 1.29 is 14.3 Å². The molecule has 1 N–H and O–H groups in total. The van der Waals surface area contributed by atoms with Gasteiger partial charge in [-0.2, -0.15) is 5.10 Å². The molecule has 1 aromatic heterocycles. The summed E-state index contributed by atoms with van der Waals surface area (Å²) in [6, 6.07) is 10.0. The Morgan fingerprint density at radius 1 is 1.13 bits per heavy atom. The third-order valence-corrected chi connectivity index (χ3v) is 6.96. The van der Waals surface area contributed by atoms with Crippen LogP contribution in [-0.4, -0.2) is 34.3 Å². The van der Waals surface area contributed by atoms with Crippen LogP contribution in [0.25, 0.3) is 0 Å². The summed E-state index contributed by atoms with van der Waals surface area (Å²) in [6.45, 7) is 2.84. The number of esters is 1. The Kier molecular flexibility index (Phi) is 5.38. The lowest BCUT2D eigenvalue weighted by atomic mass is 9.88. The van der Waals surface area contributed by atoms with Crippen molar-refractivity contribution >= 4 is 11.9 Å². The lowest BCUT2D eigenvalue weighted by molar-refractivity contribution is -0.149. The molecule has 2 unspecified atom stereocenters. The number of benzene rings is 1. The van der Waals surface area contributed by atoms with Crippen molar-refractivity contribution in [2.24, 2.45) is 17.8 Å². The predicted molar refractivity (Wildman–Crippen MR) is 117 cm³/mol. The zero-order valence-electron chi connectivity index (χ0n) is 17.9. The Hall–Kier alpha value is -2.89. The Balaban J connectivity index is 1.40. The van der Waals surface area contributed by atoms with Crippen molar-refractivity contribution in [2.75, 3.05) is 6.61 Å². The van der Waals surface area contributed by atoms with Crippen molar-refractivity contribution in [3.63, 3.8) is 0 Å². The largest absolute Gasteiger partial charge is 0.466 e. The van der Waals surface area contributed by atoms with Gasteiger partial charge in [0, 0.05) is 17.3 Å². The molecule has 1 amide bonds. The average Bonchev–Trinajstić information content (AvgIpc) is 3.48. The molecule has 0 saturated heterocycles. The minimum atomic E-state index is -0.305. The molecule has 162 valence electrons. The molecular weight excluding hydrogens is 390 g/mol. The summed E-state index contributed by atoms with van der Waals surface area (Å²) in [5.41, 5.74) is 3.95. The molecule has 6 heteroatoms. The van der Waals surface area contributed by atoms with Crippen molar-refractivity contribution in [1.29, 1.82) is 0 Å². The average molecular weight is 420 g/mol. The minimum Gasteiger partial charge on any atom is -0.466 e. The van der Waals surface area contributed by atoms with Gasteiger partial charge in [0.25, 0.3) is 5.91 Å². The summed E-state index contributed by atoms with van der Waals surface area (Å²) < 4.78 is 7.32. The number of ether oxygens (including phenoxy) is 1. The van der Waals surface area contributed by atoms with Crippen LogP contribution in [0.4, 0.5) is 0 Å². The third-order valence-electron chi connectivity index (χ3n) is 6.96. The number of carbonyl (C=O) groups is 2. The quantitative estimate of drug-likeness (QED) is 0.576. The Labute approximate surface area is 182 Å². The first-order valence-electron chi connectivity index (χ1n) is 11.4. The molecule has 3 aliphatic rings. The van der Waals surface area contributed by atoms with Crippen LogP contribution in [0.1, 0.15) is 53.5 Å². The summed E-state index contributed by atoms with van der Waals surface area (Å²) in [6.07, 6.45) is 9.16. The van der Waals surface area contributed by atoms with E-state index < -0.39 is 0 Å². The predicted octanol–water partition coefficient (Wildman–Crippen LogP) is 3.29. The summed E-state index contributed by atoms with van der Waals surface area (Å²) in [4.78, 5) is 26.0. The number of amides is 1. The van der Waals surface area contributed by atoms with Gasteiger partial charge in [-0.05, 0) is 56.4 Å². The normalized spacial score (nSPS) is 26.0. The van der Waals surface area contributed by atoms with E-state index in [0.29, 0.717) is 18.8 Å². The van der Waals surface area contributed by atoms with Crippen molar-refractivity contribution in [2.45, 2.75) is 51.6 Å². The molecule has 3 aliphatic carbocycles. The number of carbonyl (C=O) groups excluding carboxylic acids is 2. The van der Waals surface area contributed by atoms with E-state index in [9.17, 15) is 9.59 Å². The molecule has 0 radical (unpaired) electrons. The van der Waals surface area contributed by atoms with Gasteiger partial charge < -0.3 is 10.1 Å². The van der Waals surface area contributed by atoms with Crippen LogP contribution in [-0.2, 0) is 28.9 Å². The van der Waals surface area contributed by atoms with Gasteiger partial charge in [-0.25, -0.2) is 0 Å². The van der Waals surface area contributed by atoms with E-state index in [2.05, 4.69) is 29.6 Å². The molecule has 1 aromatic carbocycles. The molecule has 1 fully saturated rings. The fourth-order valence-electron chi connectivity index (χ4n) is 5.54. The van der Waals surface area contributed by atoms with Crippen molar-refractivity contribution in [1.82, 2.24) is 15.1 Å². The van der Waals surface area contributed by atoms with E-state index in [-0.39, 0.29) is 35.7 Å². The summed E-state index contributed by atoms with van der Waals surface area (Å²) in [7, 11) is 0. The molecule has 31 heavy (non-hydrogen) atoms. The van der Waals surface area contributed by atoms with Gasteiger partial charge in [-0.3, -0.25) is 14.3 Å². The van der Waals surface area contributed by atoms with Crippen LogP contribution in [0, 0.1) is 17.8 Å². The maximum atomic E-state index is 13.4. The molecule has 2 aromatic rings. The highest BCUT2D eigenvalue weighted by Gasteiger charge is 2.50. The highest BCUT2D eigenvalue weighted by atomic mass is 16.5. The van der Waals surface area contributed by atoms with Crippen molar-refractivity contribution in [3.05, 3.63) is 65.0 Å². The number of fused-ring (bicyclic) bond motifs is 3. The number of aromatic nitrogens is 2. The van der Waals surface area contributed by atoms with Crippen LogP contribution in [0.2, 0.25) is 0 Å². The Morgan fingerprint density at radius 3 is 2.71 bits per heavy atom. The van der Waals surface area contributed by atoms with Gasteiger partial charge >= 0.3 is 5.97 Å². The standard InChI is InChI=1S/C25H29N3O3/c1-2-31-25(30)21-17-12-13-18(14-17)22(21)26-24(29)23-19-10-6-7-11-20(19)28(27-23)15-16-8-4-3-5-9-16/h3-5,8-9,12-13,17-18,21-22H,2,6-7,10-11,14-15H2,1H3,(H,26,29)/t17?,18?,21-,22+/m1/s1. The zero-order chi connectivity index (χ0) is 21.4. The fourth-order valence-corrected chi connectivity index (χ4v) is 5.54. The Morgan fingerprint density at radius 2 is 1.90 bits per heavy atom. The highest BCUT2D eigenvalue weighted by Crippen LogP contribution is 2.44. The van der Waals surface area contributed by atoms with Crippen LogP contribution in [0.3, 0.4) is 0 Å². The monoisotopic (exact) mass is 419 g/mol. The van der Waals surface area contributed by atoms with Gasteiger partial charge in [0.05, 0.1) is 19.1 Å². The Bertz CT molecular complexity index is 1010. The maximum Gasteiger partial charge on any atom is 0.311 e. The lowest BCUT2D eigenvalue weighted by Crippen LogP contribution is -2.46. The number of hydrogen-bond donors (Lipinski definition) is 1. The lowest BCUT2D eigenvalue weighted by Gasteiger charge is -2.27. The number of nitrogens with one attached hydrogen (secondary N) is 1. The van der Waals surface area contributed by atoms with Crippen LogP contribution >= 0.6 is 0 Å². The molecule has 5 rings (SSSR count).